The van der Waals surface area contributed by atoms with Gasteiger partial charge >= 0.3 is 0 Å². The van der Waals surface area contributed by atoms with E-state index in [1.807, 2.05) is 12.1 Å². The maximum Gasteiger partial charge on any atom is 0.240 e. The molecule has 1 N–H and O–H groups in total. The van der Waals surface area contributed by atoms with Crippen molar-refractivity contribution in [3.63, 3.8) is 0 Å². The molecule has 0 bridgehead atoms. The van der Waals surface area contributed by atoms with Crippen molar-refractivity contribution in [1.82, 2.24) is 5.32 Å². The number of hydrogen-bond donors (Lipinski definition) is 1. The van der Waals surface area contributed by atoms with Gasteiger partial charge in [-0.15, -0.1) is 0 Å². The Balaban J connectivity index is 2.20. The lowest BCUT2D eigenvalue weighted by atomic mass is 10.2. The van der Waals surface area contributed by atoms with Crippen molar-refractivity contribution in [1.29, 1.82) is 0 Å². The zero-order valence-electron chi connectivity index (χ0n) is 7.66. The molecule has 1 aliphatic heterocycles. The molecular formula is C10H11ClN2O. The van der Waals surface area contributed by atoms with Gasteiger partial charge in [0.25, 0.3) is 0 Å². The summed E-state index contributed by atoms with van der Waals surface area (Å²) < 4.78 is 0. The molecule has 1 amide bonds. The summed E-state index contributed by atoms with van der Waals surface area (Å²) in [5.74, 6) is 0.110. The molecule has 4 heteroatoms. The number of carbonyl (C=O) groups excluding carboxylic acids is 1. The SMILES string of the molecule is O=C1CNCCN1c1ccc(Cl)cc1. The van der Waals surface area contributed by atoms with Crippen LogP contribution in [0.15, 0.2) is 24.3 Å². The van der Waals surface area contributed by atoms with Crippen molar-refractivity contribution in [2.75, 3.05) is 24.5 Å². The molecule has 1 aromatic rings. The molecule has 0 aromatic heterocycles. The second kappa shape index (κ2) is 3.98. The predicted octanol–water partition coefficient (Wildman–Crippen LogP) is 1.28. The molecule has 0 saturated carbocycles. The lowest BCUT2D eigenvalue weighted by Crippen LogP contribution is -2.48. The van der Waals surface area contributed by atoms with Crippen molar-refractivity contribution < 1.29 is 4.79 Å². The minimum absolute atomic E-state index is 0.110. The number of amides is 1. The highest BCUT2D eigenvalue weighted by Crippen LogP contribution is 2.18. The Kier molecular flexibility index (Phi) is 2.70. The van der Waals surface area contributed by atoms with Crippen molar-refractivity contribution in [3.8, 4) is 0 Å². The number of anilines is 1. The first-order valence-corrected chi connectivity index (χ1v) is 4.92. The zero-order chi connectivity index (χ0) is 9.97. The molecule has 1 saturated heterocycles. The highest BCUT2D eigenvalue weighted by molar-refractivity contribution is 6.30. The first-order chi connectivity index (χ1) is 6.77. The third-order valence-electron chi connectivity index (χ3n) is 2.23. The number of rotatable bonds is 1. The lowest BCUT2D eigenvalue weighted by Gasteiger charge is -2.27. The van der Waals surface area contributed by atoms with E-state index in [2.05, 4.69) is 5.32 Å². The molecule has 14 heavy (non-hydrogen) atoms. The minimum atomic E-state index is 0.110. The molecule has 1 heterocycles. The normalized spacial score (nSPS) is 17.2. The second-order valence-electron chi connectivity index (χ2n) is 3.20. The maximum atomic E-state index is 11.5. The molecule has 2 rings (SSSR count). The highest BCUT2D eigenvalue weighted by Gasteiger charge is 2.18. The number of carbonyl (C=O) groups is 1. The van der Waals surface area contributed by atoms with E-state index in [1.165, 1.54) is 0 Å². The Morgan fingerprint density at radius 1 is 1.29 bits per heavy atom. The number of nitrogens with one attached hydrogen (secondary N) is 1. The van der Waals surface area contributed by atoms with Crippen molar-refractivity contribution in [3.05, 3.63) is 29.3 Å². The van der Waals surface area contributed by atoms with Crippen LogP contribution in [0.3, 0.4) is 0 Å². The van der Waals surface area contributed by atoms with Gasteiger partial charge in [-0.1, -0.05) is 11.6 Å². The Bertz CT molecular complexity index is 336. The molecule has 1 aromatic carbocycles. The molecular weight excluding hydrogens is 200 g/mol. The molecule has 0 unspecified atom stereocenters. The summed E-state index contributed by atoms with van der Waals surface area (Å²) >= 11 is 5.77. The van der Waals surface area contributed by atoms with Crippen molar-refractivity contribution in [2.45, 2.75) is 0 Å². The van der Waals surface area contributed by atoms with E-state index in [9.17, 15) is 4.79 Å². The largest absolute Gasteiger partial charge is 0.310 e. The van der Waals surface area contributed by atoms with Gasteiger partial charge in [0.15, 0.2) is 0 Å². The first kappa shape index (κ1) is 9.49. The Hall–Kier alpha value is -1.06. The van der Waals surface area contributed by atoms with E-state index in [4.69, 9.17) is 11.6 Å². The highest BCUT2D eigenvalue weighted by atomic mass is 35.5. The Labute approximate surface area is 87.7 Å². The number of nitrogens with zero attached hydrogens (tertiary/aromatic N) is 1. The van der Waals surface area contributed by atoms with E-state index in [-0.39, 0.29) is 5.91 Å². The van der Waals surface area contributed by atoms with Gasteiger partial charge in [0, 0.05) is 23.8 Å². The van der Waals surface area contributed by atoms with E-state index < -0.39 is 0 Å². The Morgan fingerprint density at radius 2 is 2.00 bits per heavy atom. The quantitative estimate of drug-likeness (QED) is 0.758. The summed E-state index contributed by atoms with van der Waals surface area (Å²) in [6.07, 6.45) is 0. The third kappa shape index (κ3) is 1.89. The summed E-state index contributed by atoms with van der Waals surface area (Å²) in [7, 11) is 0. The Morgan fingerprint density at radius 3 is 2.64 bits per heavy atom. The van der Waals surface area contributed by atoms with Crippen LogP contribution in [-0.2, 0) is 4.79 Å². The number of benzene rings is 1. The van der Waals surface area contributed by atoms with Crippen molar-refractivity contribution in [2.24, 2.45) is 0 Å². The first-order valence-electron chi connectivity index (χ1n) is 4.54. The molecule has 0 aliphatic carbocycles. The van der Waals surface area contributed by atoms with Crippen LogP contribution in [0, 0.1) is 0 Å². The second-order valence-corrected chi connectivity index (χ2v) is 3.64. The van der Waals surface area contributed by atoms with E-state index in [0.29, 0.717) is 11.6 Å². The average molecular weight is 211 g/mol. The van der Waals surface area contributed by atoms with Crippen LogP contribution >= 0.6 is 11.6 Å². The van der Waals surface area contributed by atoms with Crippen LogP contribution in [0.25, 0.3) is 0 Å². The van der Waals surface area contributed by atoms with Crippen LogP contribution in [-0.4, -0.2) is 25.5 Å². The predicted molar refractivity (Wildman–Crippen MR) is 56.7 cm³/mol. The molecule has 74 valence electrons. The number of piperazine rings is 1. The van der Waals surface area contributed by atoms with Crippen LogP contribution in [0.5, 0.6) is 0 Å². The topological polar surface area (TPSA) is 32.3 Å². The zero-order valence-corrected chi connectivity index (χ0v) is 8.42. The van der Waals surface area contributed by atoms with Crippen molar-refractivity contribution >= 4 is 23.2 Å². The maximum absolute atomic E-state index is 11.5. The average Bonchev–Trinajstić information content (AvgIpc) is 2.20. The molecule has 3 nitrogen and oxygen atoms in total. The minimum Gasteiger partial charge on any atom is -0.310 e. The summed E-state index contributed by atoms with van der Waals surface area (Å²) in [5.41, 5.74) is 0.918. The lowest BCUT2D eigenvalue weighted by molar-refractivity contribution is -0.118. The summed E-state index contributed by atoms with van der Waals surface area (Å²) in [4.78, 5) is 13.3. The van der Waals surface area contributed by atoms with Crippen LogP contribution in [0.4, 0.5) is 5.69 Å². The van der Waals surface area contributed by atoms with Gasteiger partial charge in [0.1, 0.15) is 0 Å². The van der Waals surface area contributed by atoms with Gasteiger partial charge in [0.2, 0.25) is 5.91 Å². The number of halogens is 1. The monoisotopic (exact) mass is 210 g/mol. The molecule has 1 aliphatic rings. The van der Waals surface area contributed by atoms with E-state index in [0.717, 1.165) is 18.8 Å². The molecule has 0 spiro atoms. The van der Waals surface area contributed by atoms with Gasteiger partial charge < -0.3 is 10.2 Å². The third-order valence-corrected chi connectivity index (χ3v) is 2.48. The fraction of sp³-hybridized carbons (Fsp3) is 0.300. The number of hydrogen-bond acceptors (Lipinski definition) is 2. The smallest absolute Gasteiger partial charge is 0.240 e. The van der Waals surface area contributed by atoms with Gasteiger partial charge in [0.05, 0.1) is 6.54 Å². The van der Waals surface area contributed by atoms with Gasteiger partial charge in [-0.05, 0) is 24.3 Å². The molecule has 0 atom stereocenters. The van der Waals surface area contributed by atoms with Gasteiger partial charge in [-0.25, -0.2) is 0 Å². The van der Waals surface area contributed by atoms with Gasteiger partial charge in [-0.3, -0.25) is 4.79 Å². The van der Waals surface area contributed by atoms with Gasteiger partial charge in [-0.2, -0.15) is 0 Å². The fourth-order valence-electron chi connectivity index (χ4n) is 1.50. The summed E-state index contributed by atoms with van der Waals surface area (Å²) in [5, 5.41) is 3.72. The van der Waals surface area contributed by atoms with E-state index in [1.54, 1.807) is 17.0 Å². The fourth-order valence-corrected chi connectivity index (χ4v) is 1.63. The van der Waals surface area contributed by atoms with Crippen LogP contribution in [0.2, 0.25) is 5.02 Å². The standard InChI is InChI=1S/C10H11ClN2O/c11-8-1-3-9(4-2-8)13-6-5-12-7-10(13)14/h1-4,12H,5-7H2. The van der Waals surface area contributed by atoms with Crippen LogP contribution in [0.1, 0.15) is 0 Å². The molecule has 1 fully saturated rings. The van der Waals surface area contributed by atoms with Crippen LogP contribution < -0.4 is 10.2 Å². The summed E-state index contributed by atoms with van der Waals surface area (Å²) in [6, 6.07) is 7.33. The molecule has 0 radical (unpaired) electrons. The summed E-state index contributed by atoms with van der Waals surface area (Å²) in [6.45, 7) is 1.98. The van der Waals surface area contributed by atoms with E-state index >= 15 is 0 Å².